The topological polar surface area (TPSA) is 62.3 Å². The summed E-state index contributed by atoms with van der Waals surface area (Å²) in [6.45, 7) is 0. The molecule has 0 bridgehead atoms. The van der Waals surface area contributed by atoms with Crippen molar-refractivity contribution in [3.05, 3.63) is 29.5 Å². The number of hydrogen-bond acceptors (Lipinski definition) is 2. The molecule has 0 amide bonds. The zero-order chi connectivity index (χ0) is 11.8. The van der Waals surface area contributed by atoms with Crippen molar-refractivity contribution in [2.45, 2.75) is 25.7 Å². The first-order valence-corrected chi connectivity index (χ1v) is 5.78. The van der Waals surface area contributed by atoms with Gasteiger partial charge in [0.25, 0.3) is 0 Å². The Balaban J connectivity index is 2.11. The summed E-state index contributed by atoms with van der Waals surface area (Å²) >= 11 is 0. The normalized spacial score (nSPS) is 14.6. The lowest BCUT2D eigenvalue weighted by Gasteiger charge is -2.10. The molecule has 3 rings (SSSR count). The highest BCUT2D eigenvalue weighted by molar-refractivity contribution is 5.86. The molecule has 1 heterocycles. The first-order valence-electron chi connectivity index (χ1n) is 5.78. The summed E-state index contributed by atoms with van der Waals surface area (Å²) in [6.07, 6.45) is 3.29. The highest BCUT2D eigenvalue weighted by atomic mass is 16.7. The Hall–Kier alpha value is -1.97. The third kappa shape index (κ3) is 1.75. The van der Waals surface area contributed by atoms with E-state index in [1.54, 1.807) is 6.07 Å². The highest BCUT2D eigenvalue weighted by Gasteiger charge is 2.15. The van der Waals surface area contributed by atoms with Crippen LogP contribution in [0, 0.1) is 0 Å². The number of fused-ring (bicyclic) bond motifs is 3. The molecule has 0 fully saturated rings. The molecule has 4 heteroatoms. The SMILES string of the molecule is O=C(O)Oc1ccc2[nH]c3c(c2c1)CCCC3. The smallest absolute Gasteiger partial charge is 0.449 e. The Morgan fingerprint density at radius 3 is 2.94 bits per heavy atom. The molecule has 88 valence electrons. The highest BCUT2D eigenvalue weighted by Crippen LogP contribution is 2.31. The molecule has 0 spiro atoms. The Morgan fingerprint density at radius 1 is 1.29 bits per heavy atom. The average Bonchev–Trinajstić information content (AvgIpc) is 2.66. The van der Waals surface area contributed by atoms with Gasteiger partial charge in [0.15, 0.2) is 0 Å². The van der Waals surface area contributed by atoms with Crippen molar-refractivity contribution in [2.75, 3.05) is 0 Å². The first-order chi connectivity index (χ1) is 8.24. The van der Waals surface area contributed by atoms with Gasteiger partial charge in [0.1, 0.15) is 5.75 Å². The molecule has 0 atom stereocenters. The first kappa shape index (κ1) is 10.2. The van der Waals surface area contributed by atoms with Crippen LogP contribution in [0.4, 0.5) is 4.79 Å². The van der Waals surface area contributed by atoms with Gasteiger partial charge in [-0.2, -0.15) is 0 Å². The van der Waals surface area contributed by atoms with Crippen LogP contribution in [-0.2, 0) is 12.8 Å². The van der Waals surface area contributed by atoms with E-state index in [2.05, 4.69) is 9.72 Å². The second-order valence-electron chi connectivity index (χ2n) is 4.36. The van der Waals surface area contributed by atoms with Gasteiger partial charge < -0.3 is 14.8 Å². The van der Waals surface area contributed by atoms with Crippen molar-refractivity contribution in [3.63, 3.8) is 0 Å². The molecule has 1 aliphatic rings. The lowest BCUT2D eigenvalue weighted by molar-refractivity contribution is 0.144. The number of benzene rings is 1. The molecule has 0 unspecified atom stereocenters. The van der Waals surface area contributed by atoms with Crippen LogP contribution in [-0.4, -0.2) is 16.2 Å². The predicted molar refractivity (Wildman–Crippen MR) is 63.6 cm³/mol. The van der Waals surface area contributed by atoms with E-state index in [4.69, 9.17) is 5.11 Å². The maximum absolute atomic E-state index is 10.5. The Labute approximate surface area is 98.2 Å². The fraction of sp³-hybridized carbons (Fsp3) is 0.308. The van der Waals surface area contributed by atoms with E-state index in [9.17, 15) is 4.79 Å². The minimum atomic E-state index is -1.27. The fourth-order valence-electron chi connectivity index (χ4n) is 2.55. The number of aryl methyl sites for hydroxylation is 2. The molecule has 0 aliphatic heterocycles. The largest absolute Gasteiger partial charge is 0.511 e. The molecule has 1 aromatic carbocycles. The van der Waals surface area contributed by atoms with Gasteiger partial charge in [0.05, 0.1) is 0 Å². The van der Waals surface area contributed by atoms with Crippen LogP contribution in [0.25, 0.3) is 10.9 Å². The summed E-state index contributed by atoms with van der Waals surface area (Å²) in [7, 11) is 0. The van der Waals surface area contributed by atoms with Gasteiger partial charge in [0, 0.05) is 16.6 Å². The van der Waals surface area contributed by atoms with Gasteiger partial charge >= 0.3 is 6.16 Å². The lowest BCUT2D eigenvalue weighted by atomic mass is 9.96. The predicted octanol–water partition coefficient (Wildman–Crippen LogP) is 3.10. The molecule has 0 saturated heterocycles. The number of aromatic amines is 1. The monoisotopic (exact) mass is 231 g/mol. The van der Waals surface area contributed by atoms with Crippen molar-refractivity contribution in [3.8, 4) is 5.75 Å². The minimum Gasteiger partial charge on any atom is -0.449 e. The molecule has 0 saturated carbocycles. The summed E-state index contributed by atoms with van der Waals surface area (Å²) in [4.78, 5) is 13.9. The molecule has 1 aromatic heterocycles. The number of H-pyrrole nitrogens is 1. The van der Waals surface area contributed by atoms with Gasteiger partial charge in [-0.25, -0.2) is 4.79 Å². The maximum atomic E-state index is 10.5. The summed E-state index contributed by atoms with van der Waals surface area (Å²) in [6, 6.07) is 5.37. The molecular weight excluding hydrogens is 218 g/mol. The van der Waals surface area contributed by atoms with Gasteiger partial charge in [-0.15, -0.1) is 0 Å². The average molecular weight is 231 g/mol. The van der Waals surface area contributed by atoms with Crippen LogP contribution < -0.4 is 4.74 Å². The van der Waals surface area contributed by atoms with E-state index in [-0.39, 0.29) is 0 Å². The Bertz CT molecular complexity index is 586. The fourth-order valence-corrected chi connectivity index (χ4v) is 2.55. The van der Waals surface area contributed by atoms with E-state index in [0.29, 0.717) is 5.75 Å². The van der Waals surface area contributed by atoms with E-state index < -0.39 is 6.16 Å². The van der Waals surface area contributed by atoms with E-state index in [0.717, 1.165) is 23.7 Å². The molecule has 17 heavy (non-hydrogen) atoms. The number of nitrogens with one attached hydrogen (secondary N) is 1. The van der Waals surface area contributed by atoms with Crippen LogP contribution in [0.2, 0.25) is 0 Å². The number of carboxylic acid groups (broad SMARTS) is 1. The van der Waals surface area contributed by atoms with E-state index >= 15 is 0 Å². The number of aromatic nitrogens is 1. The van der Waals surface area contributed by atoms with Crippen molar-refractivity contribution in [1.29, 1.82) is 0 Å². The van der Waals surface area contributed by atoms with Crippen LogP contribution in [0.15, 0.2) is 18.2 Å². The summed E-state index contributed by atoms with van der Waals surface area (Å²) in [5, 5.41) is 9.69. The summed E-state index contributed by atoms with van der Waals surface area (Å²) < 4.78 is 4.69. The number of hydrogen-bond donors (Lipinski definition) is 2. The van der Waals surface area contributed by atoms with Gasteiger partial charge in [-0.05, 0) is 49.4 Å². The number of ether oxygens (including phenoxy) is 1. The zero-order valence-corrected chi connectivity index (χ0v) is 9.32. The third-order valence-electron chi connectivity index (χ3n) is 3.27. The number of carbonyl (C=O) groups is 1. The van der Waals surface area contributed by atoms with Crippen LogP contribution >= 0.6 is 0 Å². The minimum absolute atomic E-state index is 0.386. The van der Waals surface area contributed by atoms with Crippen LogP contribution in [0.3, 0.4) is 0 Å². The standard InChI is InChI=1S/C13H13NO3/c15-13(16)17-8-5-6-12-10(7-8)9-3-1-2-4-11(9)14-12/h5-7,14H,1-4H2,(H,15,16). The van der Waals surface area contributed by atoms with E-state index in [1.807, 2.05) is 12.1 Å². The van der Waals surface area contributed by atoms with Gasteiger partial charge in [-0.1, -0.05) is 0 Å². The molecule has 2 aromatic rings. The van der Waals surface area contributed by atoms with Crippen molar-refractivity contribution < 1.29 is 14.6 Å². The second kappa shape index (κ2) is 3.80. The van der Waals surface area contributed by atoms with Crippen LogP contribution in [0.1, 0.15) is 24.1 Å². The zero-order valence-electron chi connectivity index (χ0n) is 9.32. The van der Waals surface area contributed by atoms with E-state index in [1.165, 1.54) is 24.1 Å². The third-order valence-corrected chi connectivity index (χ3v) is 3.27. The van der Waals surface area contributed by atoms with Crippen molar-refractivity contribution in [2.24, 2.45) is 0 Å². The molecular formula is C13H13NO3. The summed E-state index contributed by atoms with van der Waals surface area (Å²) in [5.41, 5.74) is 3.68. The molecule has 0 radical (unpaired) electrons. The second-order valence-corrected chi connectivity index (χ2v) is 4.36. The van der Waals surface area contributed by atoms with Crippen LogP contribution in [0.5, 0.6) is 5.75 Å². The van der Waals surface area contributed by atoms with Crippen molar-refractivity contribution >= 4 is 17.1 Å². The number of rotatable bonds is 1. The molecule has 2 N–H and O–H groups in total. The van der Waals surface area contributed by atoms with Gasteiger partial charge in [-0.3, -0.25) is 0 Å². The molecule has 4 nitrogen and oxygen atoms in total. The maximum Gasteiger partial charge on any atom is 0.511 e. The summed E-state index contributed by atoms with van der Waals surface area (Å²) in [5.74, 6) is 0.386. The van der Waals surface area contributed by atoms with Crippen molar-refractivity contribution in [1.82, 2.24) is 4.98 Å². The lowest BCUT2D eigenvalue weighted by Crippen LogP contribution is -2.02. The Kier molecular flexibility index (Phi) is 2.28. The molecule has 1 aliphatic carbocycles. The van der Waals surface area contributed by atoms with Gasteiger partial charge in [0.2, 0.25) is 0 Å². The Morgan fingerprint density at radius 2 is 2.12 bits per heavy atom. The quantitative estimate of drug-likeness (QED) is 0.585.